The van der Waals surface area contributed by atoms with E-state index >= 15 is 0 Å². The molecule has 2 rings (SSSR count). The molecule has 0 aliphatic carbocycles. The summed E-state index contributed by atoms with van der Waals surface area (Å²) >= 11 is 1.24. The number of unbranched alkanes of at least 4 members (excludes halogenated alkanes) is 1. The lowest BCUT2D eigenvalue weighted by Gasteiger charge is -2.17. The number of carbonyl (C=O) groups excluding carboxylic acids is 1. The zero-order chi connectivity index (χ0) is 18.4. The Balaban J connectivity index is 1.98. The van der Waals surface area contributed by atoms with Crippen molar-refractivity contribution in [3.05, 3.63) is 46.1 Å². The average molecular weight is 366 g/mol. The Kier molecular flexibility index (Phi) is 6.81. The first-order valence-corrected chi connectivity index (χ1v) is 9.18. The lowest BCUT2D eigenvalue weighted by molar-refractivity contribution is -0.120. The molecule has 0 aliphatic rings. The van der Waals surface area contributed by atoms with E-state index in [-0.39, 0.29) is 23.5 Å². The quantitative estimate of drug-likeness (QED) is 0.704. The zero-order valence-electron chi connectivity index (χ0n) is 14.6. The van der Waals surface area contributed by atoms with Crippen molar-refractivity contribution in [1.29, 1.82) is 0 Å². The van der Waals surface area contributed by atoms with Crippen LogP contribution in [0.1, 0.15) is 45.2 Å². The fourth-order valence-electron chi connectivity index (χ4n) is 2.28. The molecule has 0 saturated heterocycles. The first-order chi connectivity index (χ1) is 11.9. The number of nitrogens with one attached hydrogen (secondary N) is 2. The molecular weight excluding hydrogens is 343 g/mol. The van der Waals surface area contributed by atoms with Gasteiger partial charge in [-0.2, -0.15) is 0 Å². The molecule has 2 unspecified atom stereocenters. The minimum absolute atomic E-state index is 0.167. The molecule has 8 heteroatoms. The third-order valence-electron chi connectivity index (χ3n) is 3.84. The average Bonchev–Trinajstić information content (AvgIpc) is 2.93. The van der Waals surface area contributed by atoms with E-state index in [2.05, 4.69) is 15.5 Å². The summed E-state index contributed by atoms with van der Waals surface area (Å²) in [6.07, 6.45) is 1.84. The number of thioether (sulfide) groups is 1. The van der Waals surface area contributed by atoms with Crippen molar-refractivity contribution in [2.45, 2.75) is 56.6 Å². The van der Waals surface area contributed by atoms with E-state index in [0.717, 1.165) is 18.4 Å². The number of benzene rings is 1. The van der Waals surface area contributed by atoms with Gasteiger partial charge in [0.05, 0.1) is 11.3 Å². The standard InChI is InChI=1S/C17H23FN4O2S/c1-4-5-10-22-16(24)20-21-17(22)25-12(3)15(23)19-11(2)13-6-8-14(18)9-7-13/h6-9,11-12H,4-5,10H2,1-3H3,(H,19,23)(H,20,24). The molecule has 2 aromatic rings. The summed E-state index contributed by atoms with van der Waals surface area (Å²) in [4.78, 5) is 24.2. The van der Waals surface area contributed by atoms with Crippen molar-refractivity contribution in [3.8, 4) is 0 Å². The summed E-state index contributed by atoms with van der Waals surface area (Å²) in [6.45, 7) is 6.23. The number of hydrogen-bond donors (Lipinski definition) is 2. The van der Waals surface area contributed by atoms with Crippen LogP contribution < -0.4 is 11.0 Å². The number of aromatic amines is 1. The predicted molar refractivity (Wildman–Crippen MR) is 96.0 cm³/mol. The minimum atomic E-state index is -0.418. The van der Waals surface area contributed by atoms with Gasteiger partial charge in [0.2, 0.25) is 5.91 Å². The lowest BCUT2D eigenvalue weighted by atomic mass is 10.1. The van der Waals surface area contributed by atoms with Crippen molar-refractivity contribution >= 4 is 17.7 Å². The van der Waals surface area contributed by atoms with Crippen molar-refractivity contribution in [2.75, 3.05) is 0 Å². The summed E-state index contributed by atoms with van der Waals surface area (Å²) in [5.41, 5.74) is 0.565. The summed E-state index contributed by atoms with van der Waals surface area (Å²) in [6, 6.07) is 5.79. The van der Waals surface area contributed by atoms with Crippen molar-refractivity contribution < 1.29 is 9.18 Å². The Morgan fingerprint density at radius 1 is 1.36 bits per heavy atom. The third-order valence-corrected chi connectivity index (χ3v) is 4.93. The van der Waals surface area contributed by atoms with Crippen LogP contribution in [0.2, 0.25) is 0 Å². The molecule has 2 N–H and O–H groups in total. The minimum Gasteiger partial charge on any atom is -0.349 e. The van der Waals surface area contributed by atoms with Crippen molar-refractivity contribution in [2.24, 2.45) is 0 Å². The van der Waals surface area contributed by atoms with Crippen LogP contribution in [0.4, 0.5) is 4.39 Å². The third kappa shape index (κ3) is 5.19. The van der Waals surface area contributed by atoms with Crippen molar-refractivity contribution in [3.63, 3.8) is 0 Å². The first-order valence-electron chi connectivity index (χ1n) is 8.30. The number of rotatable bonds is 8. The molecule has 6 nitrogen and oxygen atoms in total. The van der Waals surface area contributed by atoms with Crippen LogP contribution in [-0.2, 0) is 11.3 Å². The van der Waals surface area contributed by atoms with Crippen LogP contribution in [-0.4, -0.2) is 25.9 Å². The van der Waals surface area contributed by atoms with Crippen LogP contribution in [0.3, 0.4) is 0 Å². The van der Waals surface area contributed by atoms with Gasteiger partial charge in [0.15, 0.2) is 5.16 Å². The van der Waals surface area contributed by atoms with E-state index in [1.807, 2.05) is 13.8 Å². The smallest absolute Gasteiger partial charge is 0.343 e. The fourth-order valence-corrected chi connectivity index (χ4v) is 3.17. The van der Waals surface area contributed by atoms with Gasteiger partial charge in [-0.15, -0.1) is 5.10 Å². The Bertz CT molecular complexity index is 757. The van der Waals surface area contributed by atoms with Crippen LogP contribution in [0.15, 0.2) is 34.2 Å². The highest BCUT2D eigenvalue weighted by Gasteiger charge is 2.20. The SMILES string of the molecule is CCCCn1c(SC(C)C(=O)NC(C)c2ccc(F)cc2)n[nH]c1=O. The van der Waals surface area contributed by atoms with E-state index in [1.54, 1.807) is 23.6 Å². The van der Waals surface area contributed by atoms with Crippen LogP contribution in [0.25, 0.3) is 0 Å². The zero-order valence-corrected chi connectivity index (χ0v) is 15.4. The maximum absolute atomic E-state index is 13.0. The molecule has 0 spiro atoms. The fraction of sp³-hybridized carbons (Fsp3) is 0.471. The van der Waals surface area contributed by atoms with E-state index in [9.17, 15) is 14.0 Å². The van der Waals surface area contributed by atoms with Gasteiger partial charge >= 0.3 is 5.69 Å². The second-order valence-electron chi connectivity index (χ2n) is 5.86. The summed E-state index contributed by atoms with van der Waals surface area (Å²) in [7, 11) is 0. The molecule has 1 heterocycles. The molecule has 25 heavy (non-hydrogen) atoms. The highest BCUT2D eigenvalue weighted by atomic mass is 32.2. The number of carbonyl (C=O) groups is 1. The van der Waals surface area contributed by atoms with Gasteiger partial charge in [-0.05, 0) is 38.0 Å². The normalized spacial score (nSPS) is 13.4. The number of H-pyrrole nitrogens is 1. The van der Waals surface area contributed by atoms with Gasteiger partial charge in [0.25, 0.3) is 0 Å². The van der Waals surface area contributed by atoms with Gasteiger partial charge in [-0.25, -0.2) is 14.3 Å². The molecular formula is C17H23FN4O2S. The van der Waals surface area contributed by atoms with Crippen LogP contribution in [0, 0.1) is 5.82 Å². The summed E-state index contributed by atoms with van der Waals surface area (Å²) in [5.74, 6) is -0.478. The maximum atomic E-state index is 13.0. The van der Waals surface area contributed by atoms with Gasteiger partial charge in [0.1, 0.15) is 5.82 Å². The van der Waals surface area contributed by atoms with Gasteiger partial charge in [-0.3, -0.25) is 9.36 Å². The number of halogens is 1. The summed E-state index contributed by atoms with van der Waals surface area (Å²) in [5, 5.41) is 9.43. The number of nitrogens with zero attached hydrogens (tertiary/aromatic N) is 2. The van der Waals surface area contributed by atoms with E-state index in [1.165, 1.54) is 23.9 Å². The van der Waals surface area contributed by atoms with Gasteiger partial charge < -0.3 is 5.32 Å². The molecule has 0 fully saturated rings. The van der Waals surface area contributed by atoms with Gasteiger partial charge in [-0.1, -0.05) is 37.2 Å². The number of aromatic nitrogens is 3. The summed E-state index contributed by atoms with van der Waals surface area (Å²) < 4.78 is 14.5. The molecule has 1 amide bonds. The molecule has 0 aliphatic heterocycles. The predicted octanol–water partition coefficient (Wildman–Crippen LogP) is 2.87. The van der Waals surface area contributed by atoms with Crippen LogP contribution >= 0.6 is 11.8 Å². The maximum Gasteiger partial charge on any atom is 0.343 e. The van der Waals surface area contributed by atoms with Gasteiger partial charge in [0, 0.05) is 6.54 Å². The monoisotopic (exact) mass is 366 g/mol. The molecule has 2 atom stereocenters. The highest BCUT2D eigenvalue weighted by molar-refractivity contribution is 8.00. The van der Waals surface area contributed by atoms with E-state index in [0.29, 0.717) is 11.7 Å². The van der Waals surface area contributed by atoms with E-state index in [4.69, 9.17) is 0 Å². The molecule has 1 aromatic carbocycles. The number of hydrogen-bond acceptors (Lipinski definition) is 4. The lowest BCUT2D eigenvalue weighted by Crippen LogP contribution is -2.33. The Labute approximate surface area is 150 Å². The molecule has 0 radical (unpaired) electrons. The second-order valence-corrected chi connectivity index (χ2v) is 7.17. The largest absolute Gasteiger partial charge is 0.349 e. The Morgan fingerprint density at radius 2 is 2.04 bits per heavy atom. The number of amides is 1. The highest BCUT2D eigenvalue weighted by Crippen LogP contribution is 2.21. The molecule has 136 valence electrons. The second kappa shape index (κ2) is 8.84. The Morgan fingerprint density at radius 3 is 2.68 bits per heavy atom. The Hall–Kier alpha value is -2.09. The van der Waals surface area contributed by atoms with E-state index < -0.39 is 5.25 Å². The van der Waals surface area contributed by atoms with Crippen molar-refractivity contribution in [1.82, 2.24) is 20.1 Å². The molecule has 1 aromatic heterocycles. The van der Waals surface area contributed by atoms with Crippen LogP contribution in [0.5, 0.6) is 0 Å². The molecule has 0 bridgehead atoms. The molecule has 0 saturated carbocycles. The first kappa shape index (κ1) is 19.2. The topological polar surface area (TPSA) is 79.8 Å².